The van der Waals surface area contributed by atoms with Gasteiger partial charge in [0.1, 0.15) is 11.7 Å². The molecule has 0 radical (unpaired) electrons. The summed E-state index contributed by atoms with van der Waals surface area (Å²) >= 11 is 0. The van der Waals surface area contributed by atoms with Crippen LogP contribution in [0.1, 0.15) is 26.0 Å². The van der Waals surface area contributed by atoms with Gasteiger partial charge in [0, 0.05) is 13.6 Å². The minimum Gasteiger partial charge on any atom is -0.357 e. The molecule has 106 valence electrons. The number of nitrogens with one attached hydrogen (secondary N) is 2. The molecule has 0 aromatic carbocycles. The maximum absolute atomic E-state index is 11.5. The summed E-state index contributed by atoms with van der Waals surface area (Å²) in [7, 11) is 1.52. The van der Waals surface area contributed by atoms with Crippen LogP contribution in [0.4, 0.5) is 11.5 Å². The van der Waals surface area contributed by atoms with Gasteiger partial charge in [0.25, 0.3) is 0 Å². The number of carbonyl (C=O) groups excluding carboxylic acids is 1. The second kappa shape index (κ2) is 6.17. The maximum Gasteiger partial charge on any atom is 0.333 e. The largest absolute Gasteiger partial charge is 0.357 e. The Kier molecular flexibility index (Phi) is 4.85. The smallest absolute Gasteiger partial charge is 0.333 e. The van der Waals surface area contributed by atoms with E-state index in [0.29, 0.717) is 12.2 Å². The van der Waals surface area contributed by atoms with Crippen LogP contribution in [0, 0.1) is 17.0 Å². The highest BCUT2D eigenvalue weighted by atomic mass is 16.6. The SMILES string of the molecule is CCCn1nc(C)c([N+](=O)[O-])c1NC(C)C(=O)NC. The van der Waals surface area contributed by atoms with E-state index in [4.69, 9.17) is 0 Å². The van der Waals surface area contributed by atoms with Crippen molar-refractivity contribution in [1.82, 2.24) is 15.1 Å². The van der Waals surface area contributed by atoms with Crippen LogP contribution < -0.4 is 10.6 Å². The first-order chi connectivity index (χ1) is 8.92. The third-order valence-electron chi connectivity index (χ3n) is 2.71. The molecule has 19 heavy (non-hydrogen) atoms. The van der Waals surface area contributed by atoms with Gasteiger partial charge in [0.15, 0.2) is 0 Å². The number of nitrogens with zero attached hydrogens (tertiary/aromatic N) is 3. The molecule has 0 aliphatic carbocycles. The van der Waals surface area contributed by atoms with E-state index in [1.807, 2.05) is 6.92 Å². The molecule has 0 spiro atoms. The molecule has 0 saturated carbocycles. The fraction of sp³-hybridized carbons (Fsp3) is 0.636. The molecule has 8 heteroatoms. The highest BCUT2D eigenvalue weighted by Gasteiger charge is 2.27. The van der Waals surface area contributed by atoms with Crippen LogP contribution in [-0.4, -0.2) is 33.7 Å². The number of hydrogen-bond donors (Lipinski definition) is 2. The van der Waals surface area contributed by atoms with Crippen molar-refractivity contribution in [3.05, 3.63) is 15.8 Å². The number of likely N-dealkylation sites (N-methyl/N-ethyl adjacent to an activating group) is 1. The van der Waals surface area contributed by atoms with Crippen LogP contribution in [0.25, 0.3) is 0 Å². The molecule has 8 nitrogen and oxygen atoms in total. The van der Waals surface area contributed by atoms with Crippen LogP contribution in [-0.2, 0) is 11.3 Å². The van der Waals surface area contributed by atoms with E-state index < -0.39 is 11.0 Å². The monoisotopic (exact) mass is 269 g/mol. The van der Waals surface area contributed by atoms with Gasteiger partial charge in [-0.2, -0.15) is 5.10 Å². The second-order valence-electron chi connectivity index (χ2n) is 4.24. The summed E-state index contributed by atoms with van der Waals surface area (Å²) in [5, 5.41) is 20.6. The summed E-state index contributed by atoms with van der Waals surface area (Å²) in [5.41, 5.74) is 0.259. The molecule has 1 unspecified atom stereocenters. The highest BCUT2D eigenvalue weighted by molar-refractivity contribution is 5.84. The lowest BCUT2D eigenvalue weighted by atomic mass is 10.3. The van der Waals surface area contributed by atoms with Crippen LogP contribution in [0.5, 0.6) is 0 Å². The molecule has 0 aliphatic rings. The van der Waals surface area contributed by atoms with E-state index in [1.54, 1.807) is 13.8 Å². The molecule has 0 bridgehead atoms. The summed E-state index contributed by atoms with van der Waals surface area (Å²) in [6.07, 6.45) is 0.793. The van der Waals surface area contributed by atoms with Crippen molar-refractivity contribution in [2.45, 2.75) is 39.8 Å². The number of aryl methyl sites for hydroxylation is 2. The molecule has 0 aliphatic heterocycles. The van der Waals surface area contributed by atoms with Gasteiger partial charge >= 0.3 is 5.69 Å². The van der Waals surface area contributed by atoms with Gasteiger partial charge in [-0.1, -0.05) is 6.92 Å². The first-order valence-corrected chi connectivity index (χ1v) is 6.12. The van der Waals surface area contributed by atoms with Gasteiger partial charge in [-0.25, -0.2) is 4.68 Å². The number of anilines is 1. The van der Waals surface area contributed by atoms with E-state index >= 15 is 0 Å². The number of aromatic nitrogens is 2. The fourth-order valence-corrected chi connectivity index (χ4v) is 1.79. The Labute approximate surface area is 111 Å². The standard InChI is InChI=1S/C11H19N5O3/c1-5-6-15-10(13-8(3)11(17)12-4)9(16(18)19)7(2)14-15/h8,13H,5-6H2,1-4H3,(H,12,17). The van der Waals surface area contributed by atoms with Crippen molar-refractivity contribution >= 4 is 17.4 Å². The molecule has 2 N–H and O–H groups in total. The summed E-state index contributed by atoms with van der Waals surface area (Å²) in [6.45, 7) is 5.73. The summed E-state index contributed by atoms with van der Waals surface area (Å²) in [4.78, 5) is 22.1. The Hall–Kier alpha value is -2.12. The normalized spacial score (nSPS) is 12.0. The van der Waals surface area contributed by atoms with Crippen molar-refractivity contribution in [2.24, 2.45) is 0 Å². The van der Waals surface area contributed by atoms with Gasteiger partial charge < -0.3 is 10.6 Å². The molecule has 1 aromatic rings. The topological polar surface area (TPSA) is 102 Å². The van der Waals surface area contributed by atoms with Gasteiger partial charge in [0.05, 0.1) is 4.92 Å². The van der Waals surface area contributed by atoms with Crippen molar-refractivity contribution in [2.75, 3.05) is 12.4 Å². The van der Waals surface area contributed by atoms with E-state index in [0.717, 1.165) is 6.42 Å². The Bertz CT molecular complexity index is 483. The molecule has 1 rings (SSSR count). The van der Waals surface area contributed by atoms with Crippen LogP contribution in [0.15, 0.2) is 0 Å². The van der Waals surface area contributed by atoms with Crippen LogP contribution >= 0.6 is 0 Å². The van der Waals surface area contributed by atoms with Crippen LogP contribution in [0.3, 0.4) is 0 Å². The predicted octanol–water partition coefficient (Wildman–Crippen LogP) is 1.06. The summed E-state index contributed by atoms with van der Waals surface area (Å²) in [6, 6.07) is -0.574. The summed E-state index contributed by atoms with van der Waals surface area (Å²) in [5.74, 6) is 0.0386. The van der Waals surface area contributed by atoms with E-state index in [-0.39, 0.29) is 17.4 Å². The zero-order chi connectivity index (χ0) is 14.6. The van der Waals surface area contributed by atoms with Crippen LogP contribution in [0.2, 0.25) is 0 Å². The Balaban J connectivity index is 3.14. The highest BCUT2D eigenvalue weighted by Crippen LogP contribution is 2.28. The van der Waals surface area contributed by atoms with Gasteiger partial charge in [0.2, 0.25) is 11.7 Å². The van der Waals surface area contributed by atoms with E-state index in [2.05, 4.69) is 15.7 Å². The van der Waals surface area contributed by atoms with Crippen molar-refractivity contribution in [3.8, 4) is 0 Å². The fourth-order valence-electron chi connectivity index (χ4n) is 1.79. The lowest BCUT2D eigenvalue weighted by molar-refractivity contribution is -0.384. The number of hydrogen-bond acceptors (Lipinski definition) is 5. The minimum absolute atomic E-state index is 0.0794. The average Bonchev–Trinajstić information content (AvgIpc) is 2.65. The number of carbonyl (C=O) groups is 1. The average molecular weight is 269 g/mol. The lowest BCUT2D eigenvalue weighted by Gasteiger charge is -2.14. The van der Waals surface area contributed by atoms with Gasteiger partial charge in [-0.3, -0.25) is 14.9 Å². The van der Waals surface area contributed by atoms with E-state index in [1.165, 1.54) is 11.7 Å². The van der Waals surface area contributed by atoms with E-state index in [9.17, 15) is 14.9 Å². The molecule has 1 amide bonds. The number of rotatable bonds is 6. The van der Waals surface area contributed by atoms with Crippen molar-refractivity contribution in [1.29, 1.82) is 0 Å². The lowest BCUT2D eigenvalue weighted by Crippen LogP contribution is -2.36. The molecular weight excluding hydrogens is 250 g/mol. The third-order valence-corrected chi connectivity index (χ3v) is 2.71. The minimum atomic E-state index is -0.574. The number of amides is 1. The zero-order valence-corrected chi connectivity index (χ0v) is 11.6. The molecule has 0 saturated heterocycles. The van der Waals surface area contributed by atoms with Crippen molar-refractivity contribution in [3.63, 3.8) is 0 Å². The first-order valence-electron chi connectivity index (χ1n) is 6.12. The Morgan fingerprint density at radius 1 is 1.58 bits per heavy atom. The predicted molar refractivity (Wildman–Crippen MR) is 71.1 cm³/mol. The van der Waals surface area contributed by atoms with Gasteiger partial charge in [-0.05, 0) is 20.3 Å². The third kappa shape index (κ3) is 3.21. The molecule has 1 heterocycles. The number of nitro groups is 1. The second-order valence-corrected chi connectivity index (χ2v) is 4.24. The van der Waals surface area contributed by atoms with Crippen molar-refractivity contribution < 1.29 is 9.72 Å². The van der Waals surface area contributed by atoms with Gasteiger partial charge in [-0.15, -0.1) is 0 Å². The first kappa shape index (κ1) is 14.9. The molecule has 1 aromatic heterocycles. The maximum atomic E-state index is 11.5. The molecule has 1 atom stereocenters. The summed E-state index contributed by atoms with van der Waals surface area (Å²) < 4.78 is 1.53. The Morgan fingerprint density at radius 2 is 2.21 bits per heavy atom. The quantitative estimate of drug-likeness (QED) is 0.593. The molecular formula is C11H19N5O3. The zero-order valence-electron chi connectivity index (χ0n) is 11.6. The Morgan fingerprint density at radius 3 is 2.68 bits per heavy atom. The molecule has 0 fully saturated rings.